The van der Waals surface area contributed by atoms with Gasteiger partial charge in [0.1, 0.15) is 6.67 Å². The molecule has 0 aliphatic carbocycles. The van der Waals surface area contributed by atoms with E-state index in [-0.39, 0.29) is 0 Å². The summed E-state index contributed by atoms with van der Waals surface area (Å²) < 4.78 is 12.2. The molecule has 0 atom stereocenters. The number of benzene rings is 1. The van der Waals surface area contributed by atoms with Crippen molar-refractivity contribution in [2.45, 2.75) is 20.1 Å². The lowest BCUT2D eigenvalue weighted by Crippen LogP contribution is -1.97. The quantitative estimate of drug-likeness (QED) is 0.690. The molecular weight excluding hydrogens is 141 g/mol. The van der Waals surface area contributed by atoms with Crippen molar-refractivity contribution in [1.29, 1.82) is 0 Å². The Morgan fingerprint density at radius 3 is 2.45 bits per heavy atom. The third-order valence-corrected chi connectivity index (χ3v) is 1.59. The van der Waals surface area contributed by atoms with E-state index in [4.69, 9.17) is 5.73 Å². The summed E-state index contributed by atoms with van der Waals surface area (Å²) >= 11 is 0. The van der Waals surface area contributed by atoms with Gasteiger partial charge in [0, 0.05) is 6.54 Å². The van der Waals surface area contributed by atoms with Gasteiger partial charge in [-0.25, -0.2) is 4.39 Å². The molecule has 1 aromatic rings. The Hall–Kier alpha value is -0.890. The van der Waals surface area contributed by atoms with E-state index in [9.17, 15) is 4.39 Å². The van der Waals surface area contributed by atoms with Crippen molar-refractivity contribution in [3.05, 3.63) is 34.9 Å². The Morgan fingerprint density at radius 2 is 1.91 bits per heavy atom. The van der Waals surface area contributed by atoms with E-state index in [1.165, 1.54) is 0 Å². The van der Waals surface area contributed by atoms with Crippen LogP contribution in [0.25, 0.3) is 0 Å². The zero-order valence-electron chi connectivity index (χ0n) is 6.60. The average Bonchev–Trinajstić information content (AvgIpc) is 2.03. The van der Waals surface area contributed by atoms with E-state index in [0.717, 1.165) is 11.1 Å². The molecule has 1 rings (SSSR count). The van der Waals surface area contributed by atoms with Crippen LogP contribution in [0.15, 0.2) is 18.2 Å². The topological polar surface area (TPSA) is 26.0 Å². The molecule has 0 aliphatic rings. The Balaban J connectivity index is 3.02. The molecule has 0 radical (unpaired) electrons. The van der Waals surface area contributed by atoms with Crippen molar-refractivity contribution >= 4 is 0 Å². The number of rotatable bonds is 2. The van der Waals surface area contributed by atoms with Gasteiger partial charge >= 0.3 is 0 Å². The SMILES string of the molecule is Cc1cc(CN)cc(CF)c1. The van der Waals surface area contributed by atoms with Gasteiger partial charge in [-0.1, -0.05) is 23.8 Å². The Bertz CT molecular complexity index is 223. The highest BCUT2D eigenvalue weighted by atomic mass is 19.1. The smallest absolute Gasteiger partial charge is 0.115 e. The van der Waals surface area contributed by atoms with E-state index in [1.807, 2.05) is 19.1 Å². The zero-order chi connectivity index (χ0) is 8.27. The summed E-state index contributed by atoms with van der Waals surface area (Å²) in [7, 11) is 0. The first kappa shape index (κ1) is 8.21. The molecule has 0 bridgehead atoms. The van der Waals surface area contributed by atoms with Crippen molar-refractivity contribution in [3.63, 3.8) is 0 Å². The maximum Gasteiger partial charge on any atom is 0.115 e. The van der Waals surface area contributed by atoms with Crippen LogP contribution >= 0.6 is 0 Å². The van der Waals surface area contributed by atoms with E-state index in [1.54, 1.807) is 6.07 Å². The van der Waals surface area contributed by atoms with Crippen LogP contribution in [0.4, 0.5) is 4.39 Å². The van der Waals surface area contributed by atoms with Gasteiger partial charge in [-0.05, 0) is 18.1 Å². The monoisotopic (exact) mass is 153 g/mol. The number of halogens is 1. The summed E-state index contributed by atoms with van der Waals surface area (Å²) in [6, 6.07) is 5.60. The minimum absolute atomic E-state index is 0.408. The summed E-state index contributed by atoms with van der Waals surface area (Å²) in [5.74, 6) is 0. The molecule has 0 aromatic heterocycles. The molecule has 60 valence electrons. The number of hydrogen-bond donors (Lipinski definition) is 1. The second-order valence-electron chi connectivity index (χ2n) is 2.66. The minimum Gasteiger partial charge on any atom is -0.326 e. The van der Waals surface area contributed by atoms with Gasteiger partial charge in [-0.2, -0.15) is 0 Å². The molecule has 0 saturated carbocycles. The van der Waals surface area contributed by atoms with Crippen molar-refractivity contribution in [2.24, 2.45) is 5.73 Å². The molecule has 1 aromatic carbocycles. The maximum atomic E-state index is 12.2. The van der Waals surface area contributed by atoms with Crippen molar-refractivity contribution in [1.82, 2.24) is 0 Å². The predicted octanol–water partition coefficient (Wildman–Crippen LogP) is 1.92. The highest BCUT2D eigenvalue weighted by molar-refractivity contribution is 5.28. The van der Waals surface area contributed by atoms with E-state index < -0.39 is 6.67 Å². The van der Waals surface area contributed by atoms with Crippen LogP contribution < -0.4 is 5.73 Å². The second-order valence-corrected chi connectivity index (χ2v) is 2.66. The van der Waals surface area contributed by atoms with Gasteiger partial charge in [0.25, 0.3) is 0 Å². The number of nitrogens with two attached hydrogens (primary N) is 1. The fourth-order valence-corrected chi connectivity index (χ4v) is 1.14. The largest absolute Gasteiger partial charge is 0.326 e. The Labute approximate surface area is 66.0 Å². The lowest BCUT2D eigenvalue weighted by Gasteiger charge is -2.01. The molecule has 11 heavy (non-hydrogen) atoms. The maximum absolute atomic E-state index is 12.2. The molecule has 2 heteroatoms. The Morgan fingerprint density at radius 1 is 1.27 bits per heavy atom. The fraction of sp³-hybridized carbons (Fsp3) is 0.333. The van der Waals surface area contributed by atoms with Crippen LogP contribution in [-0.2, 0) is 13.2 Å². The molecule has 1 nitrogen and oxygen atoms in total. The lowest BCUT2D eigenvalue weighted by atomic mass is 10.1. The zero-order valence-corrected chi connectivity index (χ0v) is 6.60. The van der Waals surface area contributed by atoms with Crippen LogP contribution in [-0.4, -0.2) is 0 Å². The average molecular weight is 153 g/mol. The van der Waals surface area contributed by atoms with Gasteiger partial charge < -0.3 is 5.73 Å². The van der Waals surface area contributed by atoms with Crippen molar-refractivity contribution < 1.29 is 4.39 Å². The van der Waals surface area contributed by atoms with Crippen LogP contribution in [0, 0.1) is 6.92 Å². The van der Waals surface area contributed by atoms with Gasteiger partial charge in [-0.3, -0.25) is 0 Å². The molecule has 2 N–H and O–H groups in total. The van der Waals surface area contributed by atoms with Crippen LogP contribution in [0.5, 0.6) is 0 Å². The summed E-state index contributed by atoms with van der Waals surface area (Å²) in [6.45, 7) is 2.02. The van der Waals surface area contributed by atoms with E-state index in [0.29, 0.717) is 12.1 Å². The minimum atomic E-state index is -0.408. The number of aryl methyl sites for hydroxylation is 1. The van der Waals surface area contributed by atoms with Gasteiger partial charge in [0.2, 0.25) is 0 Å². The summed E-state index contributed by atoms with van der Waals surface area (Å²) in [5.41, 5.74) is 8.20. The second kappa shape index (κ2) is 3.49. The third kappa shape index (κ3) is 2.02. The summed E-state index contributed by atoms with van der Waals surface area (Å²) in [5, 5.41) is 0. The first-order valence-electron chi connectivity index (χ1n) is 3.61. The van der Waals surface area contributed by atoms with Gasteiger partial charge in [-0.15, -0.1) is 0 Å². The predicted molar refractivity (Wildman–Crippen MR) is 43.9 cm³/mol. The standard InChI is InChI=1S/C9H12FN/c1-7-2-8(5-10)4-9(3-7)6-11/h2-4H,5-6,11H2,1H3. The molecular formula is C9H12FN. The van der Waals surface area contributed by atoms with Crippen molar-refractivity contribution in [2.75, 3.05) is 0 Å². The molecule has 0 aliphatic heterocycles. The number of alkyl halides is 1. The molecule has 0 amide bonds. The van der Waals surface area contributed by atoms with Crippen LogP contribution in [0.2, 0.25) is 0 Å². The number of hydrogen-bond acceptors (Lipinski definition) is 1. The lowest BCUT2D eigenvalue weighted by molar-refractivity contribution is 0.485. The van der Waals surface area contributed by atoms with Crippen LogP contribution in [0.3, 0.4) is 0 Å². The summed E-state index contributed by atoms with van der Waals surface area (Å²) in [6.07, 6.45) is 0. The van der Waals surface area contributed by atoms with Gasteiger partial charge in [0.15, 0.2) is 0 Å². The normalized spacial score (nSPS) is 10.1. The van der Waals surface area contributed by atoms with Crippen LogP contribution in [0.1, 0.15) is 16.7 Å². The highest BCUT2D eigenvalue weighted by Crippen LogP contribution is 2.09. The van der Waals surface area contributed by atoms with Crippen molar-refractivity contribution in [3.8, 4) is 0 Å². The fourth-order valence-electron chi connectivity index (χ4n) is 1.14. The van der Waals surface area contributed by atoms with E-state index >= 15 is 0 Å². The summed E-state index contributed by atoms with van der Waals surface area (Å²) in [4.78, 5) is 0. The van der Waals surface area contributed by atoms with Gasteiger partial charge in [0.05, 0.1) is 0 Å². The third-order valence-electron chi connectivity index (χ3n) is 1.59. The highest BCUT2D eigenvalue weighted by Gasteiger charge is 1.95. The molecule has 0 heterocycles. The molecule has 0 unspecified atom stereocenters. The Kier molecular flexibility index (Phi) is 2.60. The first-order valence-corrected chi connectivity index (χ1v) is 3.61. The molecule has 0 spiro atoms. The van der Waals surface area contributed by atoms with E-state index in [2.05, 4.69) is 0 Å². The molecule has 0 fully saturated rings. The first-order chi connectivity index (χ1) is 5.26. The molecule has 0 saturated heterocycles.